The van der Waals surface area contributed by atoms with Gasteiger partial charge in [-0.15, -0.1) is 0 Å². The fraction of sp³-hybridized carbons (Fsp3) is 0.571. The summed E-state index contributed by atoms with van der Waals surface area (Å²) in [5.41, 5.74) is 1.13. The molecule has 0 radical (unpaired) electrons. The second kappa shape index (κ2) is 5.48. The van der Waals surface area contributed by atoms with Gasteiger partial charge in [-0.05, 0) is 31.4 Å². The van der Waals surface area contributed by atoms with Crippen LogP contribution in [0.5, 0.6) is 0 Å². The minimum atomic E-state index is -0.686. The second-order valence-electron chi connectivity index (χ2n) is 5.15. The van der Waals surface area contributed by atoms with Gasteiger partial charge in [-0.1, -0.05) is 18.9 Å². The molecule has 18 heavy (non-hydrogen) atoms. The van der Waals surface area contributed by atoms with Crippen LogP contribution >= 0.6 is 0 Å². The third-order valence-corrected chi connectivity index (χ3v) is 3.59. The fourth-order valence-electron chi connectivity index (χ4n) is 2.39. The predicted octanol–water partition coefficient (Wildman–Crippen LogP) is 1.35. The van der Waals surface area contributed by atoms with Crippen LogP contribution in [0.25, 0.3) is 0 Å². The zero-order valence-corrected chi connectivity index (χ0v) is 10.8. The van der Waals surface area contributed by atoms with Crippen LogP contribution in [0.4, 0.5) is 0 Å². The Morgan fingerprint density at radius 2 is 2.22 bits per heavy atom. The molecule has 1 aliphatic carbocycles. The van der Waals surface area contributed by atoms with Gasteiger partial charge in [0.25, 0.3) is 0 Å². The van der Waals surface area contributed by atoms with E-state index in [4.69, 9.17) is 0 Å². The van der Waals surface area contributed by atoms with Crippen molar-refractivity contribution in [2.45, 2.75) is 44.6 Å². The van der Waals surface area contributed by atoms with Crippen molar-refractivity contribution in [3.63, 3.8) is 0 Å². The minimum Gasteiger partial charge on any atom is -0.388 e. The van der Waals surface area contributed by atoms with Gasteiger partial charge in [0.2, 0.25) is 5.91 Å². The van der Waals surface area contributed by atoms with E-state index < -0.39 is 5.60 Å². The summed E-state index contributed by atoms with van der Waals surface area (Å²) in [5, 5.41) is 12.9. The van der Waals surface area contributed by atoms with Gasteiger partial charge in [0.15, 0.2) is 0 Å². The first-order chi connectivity index (χ1) is 8.59. The number of hydrogen-bond donors (Lipinski definition) is 2. The van der Waals surface area contributed by atoms with Crippen LogP contribution in [0.2, 0.25) is 0 Å². The summed E-state index contributed by atoms with van der Waals surface area (Å²) in [6, 6.07) is 3.80. The number of hydrogen-bond acceptors (Lipinski definition) is 3. The highest BCUT2D eigenvalue weighted by atomic mass is 16.3. The van der Waals surface area contributed by atoms with Crippen LogP contribution in [-0.4, -0.2) is 28.1 Å². The van der Waals surface area contributed by atoms with Crippen molar-refractivity contribution in [3.8, 4) is 0 Å². The van der Waals surface area contributed by atoms with Crippen LogP contribution in [0.15, 0.2) is 18.3 Å². The van der Waals surface area contributed by atoms with E-state index in [2.05, 4.69) is 10.3 Å². The second-order valence-corrected chi connectivity index (χ2v) is 5.15. The lowest BCUT2D eigenvalue weighted by atomic mass is 10.0. The molecule has 0 bridgehead atoms. The quantitative estimate of drug-likeness (QED) is 0.845. The molecule has 0 unspecified atom stereocenters. The maximum absolute atomic E-state index is 11.8. The monoisotopic (exact) mass is 248 g/mol. The van der Waals surface area contributed by atoms with E-state index in [-0.39, 0.29) is 12.3 Å². The summed E-state index contributed by atoms with van der Waals surface area (Å²) in [7, 11) is 0. The lowest BCUT2D eigenvalue weighted by molar-refractivity contribution is -0.121. The van der Waals surface area contributed by atoms with Crippen LogP contribution in [0, 0.1) is 6.92 Å². The summed E-state index contributed by atoms with van der Waals surface area (Å²) in [6.07, 6.45) is 5.64. The van der Waals surface area contributed by atoms with Gasteiger partial charge in [-0.25, -0.2) is 0 Å². The number of nitrogens with zero attached hydrogens (tertiary/aromatic N) is 1. The number of pyridine rings is 1. The topological polar surface area (TPSA) is 62.2 Å². The Bertz CT molecular complexity index is 426. The molecular weight excluding hydrogens is 228 g/mol. The third-order valence-electron chi connectivity index (χ3n) is 3.59. The standard InChI is InChI=1S/C14H20N2O2/c1-11-5-4-8-15-12(11)9-13(17)16-10-14(18)6-2-3-7-14/h4-5,8,18H,2-3,6-7,9-10H2,1H3,(H,16,17). The van der Waals surface area contributed by atoms with E-state index in [1.54, 1.807) is 6.20 Å². The van der Waals surface area contributed by atoms with Crippen LogP contribution in [-0.2, 0) is 11.2 Å². The number of aliphatic hydroxyl groups is 1. The summed E-state index contributed by atoms with van der Waals surface area (Å²) >= 11 is 0. The summed E-state index contributed by atoms with van der Waals surface area (Å²) < 4.78 is 0. The van der Waals surface area contributed by atoms with E-state index in [0.717, 1.165) is 36.9 Å². The van der Waals surface area contributed by atoms with Gasteiger partial charge >= 0.3 is 0 Å². The zero-order chi connectivity index (χ0) is 13.0. The molecule has 0 spiro atoms. The molecule has 0 saturated heterocycles. The molecule has 1 aromatic heterocycles. The highest BCUT2D eigenvalue weighted by Crippen LogP contribution is 2.28. The molecule has 0 atom stereocenters. The molecule has 0 aromatic carbocycles. The normalized spacial score (nSPS) is 17.7. The Kier molecular flexibility index (Phi) is 3.97. The van der Waals surface area contributed by atoms with Crippen LogP contribution < -0.4 is 5.32 Å². The number of rotatable bonds is 4. The SMILES string of the molecule is Cc1cccnc1CC(=O)NCC1(O)CCCC1. The average molecular weight is 248 g/mol. The molecule has 1 aliphatic rings. The minimum absolute atomic E-state index is 0.0721. The van der Waals surface area contributed by atoms with Gasteiger partial charge in [0, 0.05) is 12.7 Å². The maximum atomic E-state index is 11.8. The van der Waals surface area contributed by atoms with E-state index in [1.165, 1.54) is 0 Å². The molecule has 2 rings (SSSR count). The van der Waals surface area contributed by atoms with Gasteiger partial charge in [0.05, 0.1) is 17.7 Å². The van der Waals surface area contributed by atoms with E-state index >= 15 is 0 Å². The van der Waals surface area contributed by atoms with E-state index in [9.17, 15) is 9.90 Å². The van der Waals surface area contributed by atoms with Crippen molar-refractivity contribution in [2.75, 3.05) is 6.54 Å². The zero-order valence-electron chi connectivity index (χ0n) is 10.8. The van der Waals surface area contributed by atoms with Crippen molar-refractivity contribution >= 4 is 5.91 Å². The highest BCUT2D eigenvalue weighted by Gasteiger charge is 2.31. The lowest BCUT2D eigenvalue weighted by Crippen LogP contribution is -2.41. The molecule has 1 amide bonds. The van der Waals surface area contributed by atoms with Gasteiger partial charge in [0.1, 0.15) is 0 Å². The number of amides is 1. The first-order valence-electron chi connectivity index (χ1n) is 6.49. The molecule has 1 aromatic rings. The van der Waals surface area contributed by atoms with Crippen molar-refractivity contribution < 1.29 is 9.90 Å². The van der Waals surface area contributed by atoms with Gasteiger partial charge < -0.3 is 10.4 Å². The predicted molar refractivity (Wildman–Crippen MR) is 69.1 cm³/mol. The van der Waals surface area contributed by atoms with Crippen LogP contribution in [0.3, 0.4) is 0 Å². The largest absolute Gasteiger partial charge is 0.388 e. The van der Waals surface area contributed by atoms with Crippen LogP contribution in [0.1, 0.15) is 36.9 Å². The van der Waals surface area contributed by atoms with Crippen molar-refractivity contribution in [1.29, 1.82) is 0 Å². The Hall–Kier alpha value is -1.42. The molecule has 1 heterocycles. The maximum Gasteiger partial charge on any atom is 0.226 e. The Morgan fingerprint density at radius 3 is 2.89 bits per heavy atom. The van der Waals surface area contributed by atoms with Crippen molar-refractivity contribution in [1.82, 2.24) is 10.3 Å². The van der Waals surface area contributed by atoms with E-state index in [0.29, 0.717) is 6.54 Å². The summed E-state index contributed by atoms with van der Waals surface area (Å²) in [6.45, 7) is 2.30. The smallest absolute Gasteiger partial charge is 0.226 e. The average Bonchev–Trinajstić information content (AvgIpc) is 2.77. The molecule has 1 saturated carbocycles. The first-order valence-corrected chi connectivity index (χ1v) is 6.49. The van der Waals surface area contributed by atoms with Gasteiger partial charge in [-0.2, -0.15) is 0 Å². The summed E-state index contributed by atoms with van der Waals surface area (Å²) in [4.78, 5) is 16.0. The number of carbonyl (C=O) groups excluding carboxylic acids is 1. The molecule has 98 valence electrons. The Labute approximate surface area is 107 Å². The number of carbonyl (C=O) groups is 1. The molecule has 1 fully saturated rings. The molecule has 0 aliphatic heterocycles. The lowest BCUT2D eigenvalue weighted by Gasteiger charge is -2.22. The fourth-order valence-corrected chi connectivity index (χ4v) is 2.39. The molecule has 4 heteroatoms. The third kappa shape index (κ3) is 3.29. The van der Waals surface area contributed by atoms with Gasteiger partial charge in [-0.3, -0.25) is 9.78 Å². The number of nitrogens with one attached hydrogen (secondary N) is 1. The first kappa shape index (κ1) is 13.0. The number of aromatic nitrogens is 1. The Morgan fingerprint density at radius 1 is 1.50 bits per heavy atom. The Balaban J connectivity index is 1.84. The van der Waals surface area contributed by atoms with Crippen molar-refractivity contribution in [3.05, 3.63) is 29.6 Å². The molecule has 2 N–H and O–H groups in total. The molecule has 4 nitrogen and oxygen atoms in total. The van der Waals surface area contributed by atoms with Crippen molar-refractivity contribution in [2.24, 2.45) is 0 Å². The number of aryl methyl sites for hydroxylation is 1. The summed E-state index contributed by atoms with van der Waals surface area (Å²) in [5.74, 6) is -0.0721. The molecular formula is C14H20N2O2. The van der Waals surface area contributed by atoms with E-state index in [1.807, 2.05) is 19.1 Å². The highest BCUT2D eigenvalue weighted by molar-refractivity contribution is 5.78.